The lowest BCUT2D eigenvalue weighted by molar-refractivity contribution is -0.131. The second-order valence-corrected chi connectivity index (χ2v) is 5.38. The molecule has 18 heavy (non-hydrogen) atoms. The summed E-state index contributed by atoms with van der Waals surface area (Å²) in [6.07, 6.45) is 2.31. The number of thiazole rings is 1. The van der Waals surface area contributed by atoms with Crippen LogP contribution in [0.15, 0.2) is 5.38 Å². The van der Waals surface area contributed by atoms with Crippen molar-refractivity contribution in [1.29, 1.82) is 0 Å². The largest absolute Gasteiger partial charge is 0.340 e. The Bertz CT molecular complexity index is 387. The van der Waals surface area contributed by atoms with E-state index in [1.165, 1.54) is 0 Å². The molecule has 0 bridgehead atoms. The summed E-state index contributed by atoms with van der Waals surface area (Å²) >= 11 is 1.63. The highest BCUT2D eigenvalue weighted by Crippen LogP contribution is 2.13. The predicted molar refractivity (Wildman–Crippen MR) is 72.6 cm³/mol. The SMILES string of the molecule is NCCCc1nc(CC(=O)N2CCNCC2)cs1. The first kappa shape index (κ1) is 13.5. The minimum Gasteiger partial charge on any atom is -0.340 e. The minimum absolute atomic E-state index is 0.187. The van der Waals surface area contributed by atoms with Gasteiger partial charge in [0.15, 0.2) is 0 Å². The van der Waals surface area contributed by atoms with Crippen molar-refractivity contribution >= 4 is 17.2 Å². The number of rotatable bonds is 5. The van der Waals surface area contributed by atoms with Crippen molar-refractivity contribution in [3.05, 3.63) is 16.1 Å². The third-order valence-electron chi connectivity index (χ3n) is 3.00. The first-order valence-electron chi connectivity index (χ1n) is 6.41. The van der Waals surface area contributed by atoms with E-state index in [-0.39, 0.29) is 5.91 Å². The lowest BCUT2D eigenvalue weighted by atomic mass is 10.2. The maximum atomic E-state index is 12.0. The van der Waals surface area contributed by atoms with Crippen molar-refractivity contribution in [1.82, 2.24) is 15.2 Å². The Morgan fingerprint density at radius 3 is 3.00 bits per heavy atom. The molecule has 2 heterocycles. The molecule has 0 radical (unpaired) electrons. The van der Waals surface area contributed by atoms with Crippen LogP contribution in [0.5, 0.6) is 0 Å². The van der Waals surface area contributed by atoms with Gasteiger partial charge in [0, 0.05) is 38.0 Å². The van der Waals surface area contributed by atoms with Crippen molar-refractivity contribution in [2.45, 2.75) is 19.3 Å². The molecule has 1 saturated heterocycles. The molecule has 1 aliphatic heterocycles. The molecule has 0 unspecified atom stereocenters. The zero-order chi connectivity index (χ0) is 12.8. The van der Waals surface area contributed by atoms with Crippen molar-refractivity contribution in [2.24, 2.45) is 5.73 Å². The molecule has 1 amide bonds. The topological polar surface area (TPSA) is 71.2 Å². The minimum atomic E-state index is 0.187. The van der Waals surface area contributed by atoms with Crippen LogP contribution in [0.1, 0.15) is 17.1 Å². The van der Waals surface area contributed by atoms with Gasteiger partial charge in [-0.05, 0) is 13.0 Å². The number of carbonyl (C=O) groups is 1. The molecule has 3 N–H and O–H groups in total. The van der Waals surface area contributed by atoms with Gasteiger partial charge in [-0.25, -0.2) is 4.98 Å². The van der Waals surface area contributed by atoms with Gasteiger partial charge >= 0.3 is 0 Å². The molecule has 0 saturated carbocycles. The van der Waals surface area contributed by atoms with Crippen LogP contribution in [0.3, 0.4) is 0 Å². The fraction of sp³-hybridized carbons (Fsp3) is 0.667. The van der Waals surface area contributed by atoms with E-state index in [4.69, 9.17) is 5.73 Å². The number of nitrogens with one attached hydrogen (secondary N) is 1. The van der Waals surface area contributed by atoms with Crippen LogP contribution in [0.2, 0.25) is 0 Å². The summed E-state index contributed by atoms with van der Waals surface area (Å²) in [5, 5.41) is 6.32. The first-order chi connectivity index (χ1) is 8.79. The standard InChI is InChI=1S/C12H20N4OS/c13-3-1-2-11-15-10(9-18-11)8-12(17)16-6-4-14-5-7-16/h9,14H,1-8,13H2. The van der Waals surface area contributed by atoms with E-state index >= 15 is 0 Å². The van der Waals surface area contributed by atoms with E-state index < -0.39 is 0 Å². The van der Waals surface area contributed by atoms with Gasteiger partial charge in [-0.1, -0.05) is 0 Å². The lowest BCUT2D eigenvalue weighted by Gasteiger charge is -2.27. The molecular weight excluding hydrogens is 248 g/mol. The highest BCUT2D eigenvalue weighted by molar-refractivity contribution is 7.09. The number of amides is 1. The summed E-state index contributed by atoms with van der Waals surface area (Å²) in [5.74, 6) is 0.187. The Morgan fingerprint density at radius 2 is 2.28 bits per heavy atom. The molecule has 0 atom stereocenters. The summed E-state index contributed by atoms with van der Waals surface area (Å²) in [6, 6.07) is 0. The quantitative estimate of drug-likeness (QED) is 0.789. The van der Waals surface area contributed by atoms with Crippen molar-refractivity contribution < 1.29 is 4.79 Å². The number of nitrogens with zero attached hydrogens (tertiary/aromatic N) is 2. The van der Waals surface area contributed by atoms with Crippen LogP contribution in [-0.2, 0) is 17.6 Å². The Labute approximate surface area is 111 Å². The molecular formula is C12H20N4OS. The van der Waals surface area contributed by atoms with Crippen molar-refractivity contribution in [3.8, 4) is 0 Å². The Balaban J connectivity index is 1.84. The maximum Gasteiger partial charge on any atom is 0.228 e. The number of carbonyl (C=O) groups excluding carboxylic acids is 1. The number of hydrogen-bond donors (Lipinski definition) is 2. The van der Waals surface area contributed by atoms with Crippen molar-refractivity contribution in [3.63, 3.8) is 0 Å². The highest BCUT2D eigenvalue weighted by Gasteiger charge is 2.17. The Kier molecular flexibility index (Phi) is 5.10. The third kappa shape index (κ3) is 3.76. The van der Waals surface area contributed by atoms with E-state index in [9.17, 15) is 4.79 Å². The van der Waals surface area contributed by atoms with Gasteiger partial charge in [-0.3, -0.25) is 4.79 Å². The van der Waals surface area contributed by atoms with Gasteiger partial charge in [0.1, 0.15) is 0 Å². The van der Waals surface area contributed by atoms with Crippen molar-refractivity contribution in [2.75, 3.05) is 32.7 Å². The summed E-state index contributed by atoms with van der Waals surface area (Å²) in [4.78, 5) is 18.4. The Hall–Kier alpha value is -0.980. The monoisotopic (exact) mass is 268 g/mol. The van der Waals surface area contributed by atoms with E-state index in [1.54, 1.807) is 11.3 Å². The molecule has 1 aromatic heterocycles. The fourth-order valence-electron chi connectivity index (χ4n) is 1.98. The highest BCUT2D eigenvalue weighted by atomic mass is 32.1. The van der Waals surface area contributed by atoms with Gasteiger partial charge in [0.25, 0.3) is 0 Å². The van der Waals surface area contributed by atoms with Crippen LogP contribution in [0.4, 0.5) is 0 Å². The average molecular weight is 268 g/mol. The van der Waals surface area contributed by atoms with Gasteiger partial charge in [0.05, 0.1) is 17.1 Å². The molecule has 2 rings (SSSR count). The van der Waals surface area contributed by atoms with E-state index in [0.717, 1.165) is 49.7 Å². The van der Waals surface area contributed by atoms with Gasteiger partial charge in [-0.2, -0.15) is 0 Å². The number of piperazine rings is 1. The van der Waals surface area contributed by atoms with Gasteiger partial charge < -0.3 is 16.0 Å². The van der Waals surface area contributed by atoms with Gasteiger partial charge in [0.2, 0.25) is 5.91 Å². The predicted octanol–water partition coefficient (Wildman–Crippen LogP) is 0.00870. The molecule has 1 aromatic rings. The molecule has 100 valence electrons. The maximum absolute atomic E-state index is 12.0. The third-order valence-corrected chi connectivity index (χ3v) is 3.95. The lowest BCUT2D eigenvalue weighted by Crippen LogP contribution is -2.46. The number of aryl methyl sites for hydroxylation is 1. The summed E-state index contributed by atoms with van der Waals surface area (Å²) < 4.78 is 0. The smallest absolute Gasteiger partial charge is 0.228 e. The second kappa shape index (κ2) is 6.82. The summed E-state index contributed by atoms with van der Waals surface area (Å²) in [5.41, 5.74) is 6.37. The molecule has 6 heteroatoms. The number of hydrogen-bond acceptors (Lipinski definition) is 5. The van der Waals surface area contributed by atoms with Crippen LogP contribution in [0.25, 0.3) is 0 Å². The first-order valence-corrected chi connectivity index (χ1v) is 7.29. The van der Waals surface area contributed by atoms with Crippen LogP contribution in [0, 0.1) is 0 Å². The van der Waals surface area contributed by atoms with Crippen LogP contribution < -0.4 is 11.1 Å². The Morgan fingerprint density at radius 1 is 1.50 bits per heavy atom. The molecule has 0 aliphatic carbocycles. The summed E-state index contributed by atoms with van der Waals surface area (Å²) in [6.45, 7) is 4.09. The summed E-state index contributed by atoms with van der Waals surface area (Å²) in [7, 11) is 0. The molecule has 0 spiro atoms. The zero-order valence-electron chi connectivity index (χ0n) is 10.5. The van der Waals surface area contributed by atoms with E-state index in [2.05, 4.69) is 10.3 Å². The number of aromatic nitrogens is 1. The average Bonchev–Trinajstić information content (AvgIpc) is 2.85. The molecule has 5 nitrogen and oxygen atoms in total. The van der Waals surface area contributed by atoms with E-state index in [1.807, 2.05) is 10.3 Å². The second-order valence-electron chi connectivity index (χ2n) is 4.43. The zero-order valence-corrected chi connectivity index (χ0v) is 11.3. The van der Waals surface area contributed by atoms with Crippen LogP contribution >= 0.6 is 11.3 Å². The molecule has 1 aliphatic rings. The number of nitrogens with two attached hydrogens (primary N) is 1. The molecule has 0 aromatic carbocycles. The molecule has 1 fully saturated rings. The van der Waals surface area contributed by atoms with Gasteiger partial charge in [-0.15, -0.1) is 11.3 Å². The van der Waals surface area contributed by atoms with E-state index in [0.29, 0.717) is 13.0 Å². The normalized spacial score (nSPS) is 15.9. The van der Waals surface area contributed by atoms with Crippen LogP contribution in [-0.4, -0.2) is 48.5 Å². The fourth-order valence-corrected chi connectivity index (χ4v) is 2.82.